The molecule has 0 unspecified atom stereocenters. The Kier molecular flexibility index (Phi) is 4.49. The predicted molar refractivity (Wildman–Crippen MR) is 83.8 cm³/mol. The number of nitrogens with two attached hydrogens (primary N) is 1. The summed E-state index contributed by atoms with van der Waals surface area (Å²) < 4.78 is 17.4. The third-order valence-corrected chi connectivity index (χ3v) is 3.99. The van der Waals surface area contributed by atoms with E-state index in [1.54, 1.807) is 10.9 Å². The number of rotatable bonds is 8. The van der Waals surface area contributed by atoms with Crippen LogP contribution in [0.25, 0.3) is 11.2 Å². The molecule has 0 radical (unpaired) electrons. The molecule has 1 aliphatic rings. The van der Waals surface area contributed by atoms with Crippen LogP contribution < -0.4 is 11.1 Å². The molecular formula is C12H19N6O4P. The summed E-state index contributed by atoms with van der Waals surface area (Å²) in [5.74, 6) is 1.44. The quantitative estimate of drug-likeness (QED) is 0.394. The van der Waals surface area contributed by atoms with Crippen molar-refractivity contribution in [2.45, 2.75) is 19.4 Å². The molecule has 0 amide bonds. The lowest BCUT2D eigenvalue weighted by atomic mass is 10.4. The summed E-state index contributed by atoms with van der Waals surface area (Å²) in [4.78, 5) is 30.2. The van der Waals surface area contributed by atoms with Crippen molar-refractivity contribution in [3.05, 3.63) is 6.33 Å². The Morgan fingerprint density at radius 1 is 1.43 bits per heavy atom. The summed E-state index contributed by atoms with van der Waals surface area (Å²) >= 11 is 0. The van der Waals surface area contributed by atoms with Gasteiger partial charge in [0.05, 0.1) is 12.9 Å². The molecule has 11 heteroatoms. The number of anilines is 2. The maximum atomic E-state index is 10.7. The van der Waals surface area contributed by atoms with Gasteiger partial charge in [-0.25, -0.2) is 4.98 Å². The van der Waals surface area contributed by atoms with E-state index >= 15 is 0 Å². The maximum Gasteiger partial charge on any atom is 0.350 e. The second-order valence-electron chi connectivity index (χ2n) is 5.57. The molecule has 2 aromatic rings. The molecule has 1 saturated carbocycles. The van der Waals surface area contributed by atoms with Gasteiger partial charge in [-0.1, -0.05) is 0 Å². The summed E-state index contributed by atoms with van der Waals surface area (Å²) in [6.07, 6.45) is 3.43. The number of nitrogens with zero attached hydrogens (tertiary/aromatic N) is 4. The zero-order valence-corrected chi connectivity index (χ0v) is 13.3. The molecule has 3 rings (SSSR count). The van der Waals surface area contributed by atoms with E-state index in [1.807, 2.05) is 0 Å². The standard InChI is InChI=1S/C12H19N6O4P/c13-12-16-10(14-5-8-1-2-8)9-11(17-12)18(6-15-9)3-4-22-7-23(19,20)21/h6,8H,1-5,7H2,(H2,19,20,21)(H3,13,14,16,17). The summed E-state index contributed by atoms with van der Waals surface area (Å²) in [7, 11) is -4.15. The third-order valence-electron chi connectivity index (χ3n) is 3.47. The molecule has 1 aliphatic carbocycles. The Morgan fingerprint density at radius 2 is 2.22 bits per heavy atom. The van der Waals surface area contributed by atoms with E-state index in [9.17, 15) is 4.57 Å². The second-order valence-corrected chi connectivity index (χ2v) is 7.15. The molecule has 0 aromatic carbocycles. The van der Waals surface area contributed by atoms with Crippen LogP contribution in [0, 0.1) is 5.92 Å². The largest absolute Gasteiger partial charge is 0.368 e. The van der Waals surface area contributed by atoms with Gasteiger partial charge in [-0.3, -0.25) is 4.57 Å². The third kappa shape index (κ3) is 4.38. The number of ether oxygens (including phenoxy) is 1. The highest BCUT2D eigenvalue weighted by Gasteiger charge is 2.22. The highest BCUT2D eigenvalue weighted by molar-refractivity contribution is 7.51. The number of imidazole rings is 1. The average molecular weight is 342 g/mol. The fourth-order valence-electron chi connectivity index (χ4n) is 2.16. The summed E-state index contributed by atoms with van der Waals surface area (Å²) in [6, 6.07) is 0. The van der Waals surface area contributed by atoms with E-state index in [2.05, 4.69) is 20.3 Å². The minimum absolute atomic E-state index is 0.130. The summed E-state index contributed by atoms with van der Waals surface area (Å²) in [6.45, 7) is 1.32. The molecule has 0 spiro atoms. The lowest BCUT2D eigenvalue weighted by Gasteiger charge is -2.08. The Labute approximate surface area is 132 Å². The summed E-state index contributed by atoms with van der Waals surface area (Å²) in [5, 5.41) is 3.25. The predicted octanol–water partition coefficient (Wildman–Crippen LogP) is 0.382. The first-order chi connectivity index (χ1) is 10.9. The van der Waals surface area contributed by atoms with Crippen molar-refractivity contribution in [2.75, 3.05) is 30.6 Å². The van der Waals surface area contributed by atoms with Gasteiger partial charge < -0.3 is 30.1 Å². The van der Waals surface area contributed by atoms with Crippen LogP contribution in [0.1, 0.15) is 12.8 Å². The average Bonchev–Trinajstić information content (AvgIpc) is 3.21. The van der Waals surface area contributed by atoms with Gasteiger partial charge in [-0.05, 0) is 18.8 Å². The molecule has 5 N–H and O–H groups in total. The molecule has 0 saturated heterocycles. The minimum atomic E-state index is -4.15. The van der Waals surface area contributed by atoms with E-state index in [0.29, 0.717) is 29.4 Å². The van der Waals surface area contributed by atoms with Gasteiger partial charge in [-0.2, -0.15) is 9.97 Å². The topological polar surface area (TPSA) is 148 Å². The van der Waals surface area contributed by atoms with Crippen molar-refractivity contribution < 1.29 is 19.1 Å². The summed E-state index contributed by atoms with van der Waals surface area (Å²) in [5.41, 5.74) is 6.93. The van der Waals surface area contributed by atoms with Crippen LogP contribution in [0.4, 0.5) is 11.8 Å². The second kappa shape index (κ2) is 6.40. The van der Waals surface area contributed by atoms with Crippen LogP contribution >= 0.6 is 7.60 Å². The monoisotopic (exact) mass is 342 g/mol. The van der Waals surface area contributed by atoms with Crippen molar-refractivity contribution in [3.63, 3.8) is 0 Å². The molecular weight excluding hydrogens is 323 g/mol. The van der Waals surface area contributed by atoms with Crippen LogP contribution in [0.3, 0.4) is 0 Å². The molecule has 0 atom stereocenters. The Hall–Kier alpha value is -1.74. The molecule has 2 heterocycles. The number of fused-ring (bicyclic) bond motifs is 1. The molecule has 2 aromatic heterocycles. The number of nitrogens with one attached hydrogen (secondary N) is 1. The van der Waals surface area contributed by atoms with E-state index in [1.165, 1.54) is 12.8 Å². The lowest BCUT2D eigenvalue weighted by molar-refractivity contribution is 0.149. The highest BCUT2D eigenvalue weighted by atomic mass is 31.2. The van der Waals surface area contributed by atoms with Gasteiger partial charge in [0, 0.05) is 13.1 Å². The number of hydrogen-bond acceptors (Lipinski definition) is 7. The SMILES string of the molecule is Nc1nc(NCC2CC2)c2ncn(CCOCP(=O)(O)O)c2n1. The normalized spacial score (nSPS) is 15.2. The lowest BCUT2D eigenvalue weighted by Crippen LogP contribution is -2.10. The first-order valence-corrected chi connectivity index (χ1v) is 9.06. The van der Waals surface area contributed by atoms with E-state index in [0.717, 1.165) is 6.54 Å². The fourth-order valence-corrected chi connectivity index (χ4v) is 2.52. The van der Waals surface area contributed by atoms with Crippen LogP contribution in [-0.4, -0.2) is 48.8 Å². The first-order valence-electron chi connectivity index (χ1n) is 7.27. The van der Waals surface area contributed by atoms with Crippen LogP contribution in [0.15, 0.2) is 6.33 Å². The molecule has 23 heavy (non-hydrogen) atoms. The zero-order valence-electron chi connectivity index (χ0n) is 12.4. The van der Waals surface area contributed by atoms with E-state index in [4.69, 9.17) is 20.3 Å². The van der Waals surface area contributed by atoms with Crippen LogP contribution in [0.2, 0.25) is 0 Å². The van der Waals surface area contributed by atoms with Gasteiger partial charge >= 0.3 is 7.60 Å². The van der Waals surface area contributed by atoms with Gasteiger partial charge in [0.25, 0.3) is 0 Å². The van der Waals surface area contributed by atoms with Crippen molar-refractivity contribution in [2.24, 2.45) is 5.92 Å². The van der Waals surface area contributed by atoms with Crippen molar-refractivity contribution in [1.82, 2.24) is 19.5 Å². The molecule has 1 fully saturated rings. The Morgan fingerprint density at radius 3 is 2.91 bits per heavy atom. The van der Waals surface area contributed by atoms with Gasteiger partial charge in [0.15, 0.2) is 17.0 Å². The number of aromatic nitrogens is 4. The van der Waals surface area contributed by atoms with Crippen molar-refractivity contribution >= 4 is 30.5 Å². The molecule has 126 valence electrons. The maximum absolute atomic E-state index is 10.7. The Balaban J connectivity index is 1.69. The first kappa shape index (κ1) is 16.1. The van der Waals surface area contributed by atoms with Gasteiger partial charge in [0.1, 0.15) is 6.35 Å². The van der Waals surface area contributed by atoms with Gasteiger partial charge in [-0.15, -0.1) is 0 Å². The number of nitrogen functional groups attached to an aromatic ring is 1. The van der Waals surface area contributed by atoms with Crippen LogP contribution in [0.5, 0.6) is 0 Å². The fraction of sp³-hybridized carbons (Fsp3) is 0.583. The van der Waals surface area contributed by atoms with E-state index < -0.39 is 13.9 Å². The van der Waals surface area contributed by atoms with Gasteiger partial charge in [0.2, 0.25) is 5.95 Å². The van der Waals surface area contributed by atoms with Crippen molar-refractivity contribution in [1.29, 1.82) is 0 Å². The van der Waals surface area contributed by atoms with E-state index in [-0.39, 0.29) is 12.6 Å². The zero-order chi connectivity index (χ0) is 16.4. The smallest absolute Gasteiger partial charge is 0.350 e. The minimum Gasteiger partial charge on any atom is -0.368 e. The molecule has 0 aliphatic heterocycles. The highest BCUT2D eigenvalue weighted by Crippen LogP contribution is 2.33. The Bertz CT molecular complexity index is 740. The van der Waals surface area contributed by atoms with Crippen LogP contribution in [-0.2, 0) is 15.8 Å². The number of hydrogen-bond donors (Lipinski definition) is 4. The molecule has 10 nitrogen and oxygen atoms in total. The molecule has 0 bridgehead atoms. The van der Waals surface area contributed by atoms with Crippen molar-refractivity contribution in [3.8, 4) is 0 Å².